The van der Waals surface area contributed by atoms with Crippen LogP contribution in [0.5, 0.6) is 0 Å². The van der Waals surface area contributed by atoms with E-state index in [1.807, 2.05) is 36.4 Å². The Hall–Kier alpha value is -1.38. The minimum absolute atomic E-state index is 0. The van der Waals surface area contributed by atoms with Crippen LogP contribution in [0.2, 0.25) is 0 Å². The molecule has 4 nitrogen and oxygen atoms in total. The van der Waals surface area contributed by atoms with Gasteiger partial charge in [-0.2, -0.15) is 106 Å². The van der Waals surface area contributed by atoms with Crippen LogP contribution in [0, 0.1) is 59.7 Å². The summed E-state index contributed by atoms with van der Waals surface area (Å²) in [7, 11) is 0. The Balaban J connectivity index is 0. The van der Waals surface area contributed by atoms with E-state index in [0.717, 1.165) is 52.9 Å². The molecule has 0 aromatic heterocycles. The zero-order valence-corrected chi connectivity index (χ0v) is 31.2. The number of aryl methyl sites for hydroxylation is 6. The summed E-state index contributed by atoms with van der Waals surface area (Å²) in [5, 5.41) is 0. The maximum atomic E-state index is 4.94. The van der Waals surface area contributed by atoms with Crippen LogP contribution in [0.15, 0.2) is 54.6 Å². The standard InChI is InChI=1S/3C8H9.4C4H8O.Li.Mn/c3*1-7-4-3-5-8(2)6-7;4*1-2-4-5-3-1;;/h3*4-6H,1-2H3;4*1-4H2;;/q3*-1;;;;;+1;+2. The second-order valence-corrected chi connectivity index (χ2v) is 11.5. The van der Waals surface area contributed by atoms with Gasteiger partial charge < -0.3 is 18.9 Å². The number of benzene rings is 3. The zero-order chi connectivity index (χ0) is 32.1. The van der Waals surface area contributed by atoms with Crippen LogP contribution in [0.25, 0.3) is 0 Å². The van der Waals surface area contributed by atoms with Gasteiger partial charge in [-0.05, 0) is 51.4 Å². The number of ether oxygens (including phenoxy) is 4. The molecule has 4 aliphatic heterocycles. The Labute approximate surface area is 305 Å². The van der Waals surface area contributed by atoms with Crippen LogP contribution in [0.1, 0.15) is 84.7 Å². The smallest absolute Gasteiger partial charge is 0.381 e. The third-order valence-electron chi connectivity index (χ3n) is 6.54. The van der Waals surface area contributed by atoms with E-state index in [1.165, 1.54) is 84.7 Å². The first-order valence-electron chi connectivity index (χ1n) is 16.5. The maximum absolute atomic E-state index is 4.94. The van der Waals surface area contributed by atoms with Gasteiger partial charge >= 0.3 is 35.9 Å². The third-order valence-corrected chi connectivity index (χ3v) is 6.54. The molecule has 0 bridgehead atoms. The van der Waals surface area contributed by atoms with Gasteiger partial charge in [0.25, 0.3) is 0 Å². The molecular weight excluding hydrogens is 606 g/mol. The first kappa shape index (κ1) is 46.7. The van der Waals surface area contributed by atoms with Crippen molar-refractivity contribution in [2.45, 2.75) is 92.9 Å². The topological polar surface area (TPSA) is 36.9 Å². The average Bonchev–Trinajstić information content (AvgIpc) is 3.84. The maximum Gasteiger partial charge on any atom is 2.00 e. The van der Waals surface area contributed by atoms with Crippen LogP contribution in [-0.2, 0) is 36.0 Å². The SMILES string of the molecule is C1CCOC1.C1CCOC1.C1CCOC1.C1CCOC1.Cc1c[c-]cc(C)c1.Cc1c[c-]cc(C)c1.Cc1c[c-]cc(C)c1.[Li+].[Mn+2]. The zero-order valence-electron chi connectivity index (χ0n) is 30.0. The molecule has 1 radical (unpaired) electrons. The molecule has 4 fully saturated rings. The molecule has 46 heavy (non-hydrogen) atoms. The van der Waals surface area contributed by atoms with Crippen molar-refractivity contribution < 1.29 is 54.9 Å². The van der Waals surface area contributed by atoms with Crippen LogP contribution in [-0.4, -0.2) is 52.9 Å². The fourth-order valence-electron chi connectivity index (χ4n) is 4.28. The minimum Gasteiger partial charge on any atom is -0.381 e. The van der Waals surface area contributed by atoms with Crippen LogP contribution in [0.4, 0.5) is 0 Å². The van der Waals surface area contributed by atoms with Crippen molar-refractivity contribution in [2.24, 2.45) is 0 Å². The molecule has 3 aromatic carbocycles. The van der Waals surface area contributed by atoms with Crippen molar-refractivity contribution in [1.29, 1.82) is 0 Å². The molecule has 0 amide bonds. The predicted molar refractivity (Wildman–Crippen MR) is 184 cm³/mol. The van der Waals surface area contributed by atoms with E-state index in [0.29, 0.717) is 0 Å². The molecule has 0 spiro atoms. The van der Waals surface area contributed by atoms with Gasteiger partial charge in [0.2, 0.25) is 0 Å². The van der Waals surface area contributed by atoms with Gasteiger partial charge in [0, 0.05) is 52.9 Å². The van der Waals surface area contributed by atoms with Crippen molar-refractivity contribution in [3.05, 3.63) is 106 Å². The summed E-state index contributed by atoms with van der Waals surface area (Å²) < 4.78 is 19.8. The number of rotatable bonds is 0. The van der Waals surface area contributed by atoms with E-state index in [4.69, 9.17) is 18.9 Å². The predicted octanol–water partition coefficient (Wildman–Crippen LogP) is 6.50. The summed E-state index contributed by atoms with van der Waals surface area (Å²) in [6, 6.07) is 27.4. The van der Waals surface area contributed by atoms with Gasteiger partial charge in [-0.3, -0.25) is 0 Å². The summed E-state index contributed by atoms with van der Waals surface area (Å²) >= 11 is 0. The van der Waals surface area contributed by atoms with Gasteiger partial charge in [-0.1, -0.05) is 41.5 Å². The Morgan fingerprint density at radius 2 is 0.500 bits per heavy atom. The summed E-state index contributed by atoms with van der Waals surface area (Å²) in [6.07, 6.45) is 10.2. The van der Waals surface area contributed by atoms with E-state index in [2.05, 4.69) is 77.9 Å². The first-order chi connectivity index (χ1) is 21.4. The fraction of sp³-hybridized carbons (Fsp3) is 0.550. The monoisotopic (exact) mass is 665 g/mol. The van der Waals surface area contributed by atoms with Gasteiger partial charge in [0.15, 0.2) is 0 Å². The van der Waals surface area contributed by atoms with Gasteiger partial charge in [-0.25, -0.2) is 0 Å². The molecular formula is C40H59LiMnO4. The fourth-order valence-corrected chi connectivity index (χ4v) is 4.28. The van der Waals surface area contributed by atoms with Gasteiger partial charge in [0.05, 0.1) is 0 Å². The molecule has 0 N–H and O–H groups in total. The normalized spacial score (nSPS) is 15.3. The Bertz CT molecular complexity index is 837. The number of hydrogen-bond donors (Lipinski definition) is 0. The van der Waals surface area contributed by atoms with Crippen LogP contribution < -0.4 is 18.9 Å². The quantitative estimate of drug-likeness (QED) is 0.203. The van der Waals surface area contributed by atoms with Crippen molar-refractivity contribution >= 4 is 0 Å². The Morgan fingerprint density at radius 3 is 0.565 bits per heavy atom. The second kappa shape index (κ2) is 33.5. The third kappa shape index (κ3) is 31.2. The molecule has 7 rings (SSSR count). The summed E-state index contributed by atoms with van der Waals surface area (Å²) in [5.74, 6) is 0. The van der Waals surface area contributed by atoms with Gasteiger partial charge in [0.1, 0.15) is 0 Å². The summed E-state index contributed by atoms with van der Waals surface area (Å²) in [5.41, 5.74) is 7.69. The van der Waals surface area contributed by atoms with Crippen LogP contribution in [0.3, 0.4) is 0 Å². The molecule has 6 heteroatoms. The molecule has 4 saturated heterocycles. The molecule has 0 unspecified atom stereocenters. The van der Waals surface area contributed by atoms with E-state index >= 15 is 0 Å². The minimum atomic E-state index is 0. The molecule has 4 aliphatic rings. The van der Waals surface area contributed by atoms with Gasteiger partial charge in [-0.15, -0.1) is 0 Å². The van der Waals surface area contributed by atoms with Crippen molar-refractivity contribution in [2.75, 3.05) is 52.9 Å². The molecule has 0 atom stereocenters. The molecule has 0 saturated carbocycles. The largest absolute Gasteiger partial charge is 2.00 e. The molecule has 4 heterocycles. The molecule has 251 valence electrons. The van der Waals surface area contributed by atoms with Crippen molar-refractivity contribution in [1.82, 2.24) is 0 Å². The van der Waals surface area contributed by atoms with E-state index < -0.39 is 0 Å². The Kier molecular flexibility index (Phi) is 34.1. The van der Waals surface area contributed by atoms with Crippen molar-refractivity contribution in [3.63, 3.8) is 0 Å². The first-order valence-corrected chi connectivity index (χ1v) is 16.5. The average molecular weight is 666 g/mol. The molecule has 0 aliphatic carbocycles. The number of hydrogen-bond acceptors (Lipinski definition) is 4. The Morgan fingerprint density at radius 1 is 0.348 bits per heavy atom. The summed E-state index contributed by atoms with van der Waals surface area (Å²) in [4.78, 5) is 0. The van der Waals surface area contributed by atoms with E-state index in [1.54, 1.807) is 0 Å². The van der Waals surface area contributed by atoms with Crippen LogP contribution >= 0.6 is 0 Å². The van der Waals surface area contributed by atoms with E-state index in [-0.39, 0.29) is 35.9 Å². The summed E-state index contributed by atoms with van der Waals surface area (Å²) in [6.45, 7) is 20.4. The van der Waals surface area contributed by atoms with E-state index in [9.17, 15) is 0 Å². The molecule has 3 aromatic rings. The second-order valence-electron chi connectivity index (χ2n) is 11.5. The van der Waals surface area contributed by atoms with Crippen molar-refractivity contribution in [3.8, 4) is 0 Å².